The van der Waals surface area contributed by atoms with Crippen molar-refractivity contribution in [2.45, 2.75) is 0 Å². The zero-order valence-electron chi connectivity index (χ0n) is 7.44. The number of nitrogens with zero attached hydrogens (tertiary/aromatic N) is 4. The first-order chi connectivity index (χ1) is 6.65. The van der Waals surface area contributed by atoms with Gasteiger partial charge in [0.25, 0.3) is 5.91 Å². The minimum Gasteiger partial charge on any atom is -0.327 e. The van der Waals surface area contributed by atoms with Crippen LogP contribution in [0.2, 0.25) is 5.15 Å². The van der Waals surface area contributed by atoms with Gasteiger partial charge in [-0.1, -0.05) is 11.6 Å². The van der Waals surface area contributed by atoms with Crippen molar-refractivity contribution >= 4 is 17.5 Å². The van der Waals surface area contributed by atoms with Gasteiger partial charge in [-0.15, -0.1) is 10.2 Å². The lowest BCUT2D eigenvalue weighted by molar-refractivity contribution is 0.0805. The third kappa shape index (κ3) is 2.41. The Morgan fingerprint density at radius 2 is 2.36 bits per heavy atom. The first-order valence-corrected chi connectivity index (χ1v) is 4.14. The Balaban J connectivity index is 2.80. The second-order valence-electron chi connectivity index (χ2n) is 2.56. The predicted molar refractivity (Wildman–Crippen MR) is 49.6 cm³/mol. The number of carbonyl (C=O) groups excluding carboxylic acids is 1. The molecule has 0 bridgehead atoms. The van der Waals surface area contributed by atoms with Crippen molar-refractivity contribution in [2.24, 2.45) is 0 Å². The summed E-state index contributed by atoms with van der Waals surface area (Å²) in [6.07, 6.45) is 0. The van der Waals surface area contributed by atoms with E-state index >= 15 is 0 Å². The maximum atomic E-state index is 11.5. The highest BCUT2D eigenvalue weighted by Gasteiger charge is 2.12. The minimum atomic E-state index is -0.351. The summed E-state index contributed by atoms with van der Waals surface area (Å²) in [6, 6.07) is 4.80. The van der Waals surface area contributed by atoms with E-state index in [1.54, 1.807) is 0 Å². The molecule has 0 radical (unpaired) electrons. The van der Waals surface area contributed by atoms with E-state index in [0.717, 1.165) is 0 Å². The second kappa shape index (κ2) is 4.53. The molecule has 14 heavy (non-hydrogen) atoms. The SMILES string of the molecule is CN(CC#N)C(=O)c1ccc(Cl)nn1. The third-order valence-electron chi connectivity index (χ3n) is 1.51. The van der Waals surface area contributed by atoms with Crippen LogP contribution in [0, 0.1) is 11.3 Å². The Bertz CT molecular complexity index is 370. The highest BCUT2D eigenvalue weighted by molar-refractivity contribution is 6.29. The Kier molecular flexibility index (Phi) is 3.37. The first kappa shape index (κ1) is 10.4. The molecule has 5 nitrogen and oxygen atoms in total. The van der Waals surface area contributed by atoms with Crippen LogP contribution in [0.15, 0.2) is 12.1 Å². The minimum absolute atomic E-state index is 0.0170. The molecule has 0 saturated heterocycles. The van der Waals surface area contributed by atoms with Crippen molar-refractivity contribution in [1.82, 2.24) is 15.1 Å². The molecule has 1 heterocycles. The van der Waals surface area contributed by atoms with E-state index in [1.807, 2.05) is 6.07 Å². The van der Waals surface area contributed by atoms with Crippen LogP contribution in [0.1, 0.15) is 10.5 Å². The van der Waals surface area contributed by atoms with Gasteiger partial charge in [0.2, 0.25) is 0 Å². The molecule has 1 amide bonds. The zero-order chi connectivity index (χ0) is 10.6. The van der Waals surface area contributed by atoms with Gasteiger partial charge in [0, 0.05) is 7.05 Å². The van der Waals surface area contributed by atoms with Gasteiger partial charge in [-0.05, 0) is 12.1 Å². The quantitative estimate of drug-likeness (QED) is 0.675. The normalized spacial score (nSPS) is 9.21. The van der Waals surface area contributed by atoms with E-state index in [0.29, 0.717) is 0 Å². The molecule has 0 aliphatic heterocycles. The second-order valence-corrected chi connectivity index (χ2v) is 2.95. The number of nitriles is 1. The summed E-state index contributed by atoms with van der Waals surface area (Å²) >= 11 is 5.51. The molecule has 0 aliphatic carbocycles. The Labute approximate surface area is 85.9 Å². The molecule has 0 spiro atoms. The molecule has 0 unspecified atom stereocenters. The summed E-state index contributed by atoms with van der Waals surface area (Å²) in [7, 11) is 1.52. The maximum absolute atomic E-state index is 11.5. The number of aromatic nitrogens is 2. The van der Waals surface area contributed by atoms with E-state index in [9.17, 15) is 4.79 Å². The highest BCUT2D eigenvalue weighted by Crippen LogP contribution is 2.03. The molecule has 0 N–H and O–H groups in total. The number of amides is 1. The molecular formula is C8H7ClN4O. The number of hydrogen-bond acceptors (Lipinski definition) is 4. The fourth-order valence-electron chi connectivity index (χ4n) is 0.803. The van der Waals surface area contributed by atoms with Gasteiger partial charge in [-0.25, -0.2) is 0 Å². The van der Waals surface area contributed by atoms with Crippen LogP contribution in [0.3, 0.4) is 0 Å². The summed E-state index contributed by atoms with van der Waals surface area (Å²) in [5.41, 5.74) is 0.173. The summed E-state index contributed by atoms with van der Waals surface area (Å²) in [4.78, 5) is 12.7. The van der Waals surface area contributed by atoms with Crippen LogP contribution in [0.25, 0.3) is 0 Å². The summed E-state index contributed by atoms with van der Waals surface area (Å²) in [6.45, 7) is 0.0170. The van der Waals surface area contributed by atoms with E-state index in [-0.39, 0.29) is 23.3 Å². The van der Waals surface area contributed by atoms with Gasteiger partial charge in [0.05, 0.1) is 6.07 Å². The summed E-state index contributed by atoms with van der Waals surface area (Å²) in [5, 5.41) is 15.7. The fourth-order valence-corrected chi connectivity index (χ4v) is 0.904. The Morgan fingerprint density at radius 3 is 2.86 bits per heavy atom. The average molecular weight is 211 g/mol. The molecule has 1 aromatic rings. The summed E-state index contributed by atoms with van der Waals surface area (Å²) in [5.74, 6) is -0.351. The zero-order valence-corrected chi connectivity index (χ0v) is 8.19. The van der Waals surface area contributed by atoms with Gasteiger partial charge in [-0.3, -0.25) is 4.79 Å². The lowest BCUT2D eigenvalue weighted by Gasteiger charge is -2.11. The maximum Gasteiger partial charge on any atom is 0.274 e. The van der Waals surface area contributed by atoms with E-state index in [4.69, 9.17) is 16.9 Å². The molecule has 0 aromatic carbocycles. The van der Waals surface area contributed by atoms with E-state index in [2.05, 4.69) is 10.2 Å². The molecule has 0 aliphatic rings. The van der Waals surface area contributed by atoms with Gasteiger partial charge < -0.3 is 4.90 Å². The molecule has 1 aromatic heterocycles. The molecule has 6 heteroatoms. The lowest BCUT2D eigenvalue weighted by atomic mass is 10.3. The molecule has 72 valence electrons. The van der Waals surface area contributed by atoms with Gasteiger partial charge in [0.1, 0.15) is 6.54 Å². The van der Waals surface area contributed by atoms with Crippen molar-refractivity contribution in [3.63, 3.8) is 0 Å². The van der Waals surface area contributed by atoms with E-state index < -0.39 is 0 Å². The molecular weight excluding hydrogens is 204 g/mol. The van der Waals surface area contributed by atoms with Crippen molar-refractivity contribution in [3.05, 3.63) is 23.0 Å². The lowest BCUT2D eigenvalue weighted by Crippen LogP contribution is -2.27. The monoisotopic (exact) mass is 210 g/mol. The first-order valence-electron chi connectivity index (χ1n) is 3.77. The van der Waals surface area contributed by atoms with Gasteiger partial charge in [-0.2, -0.15) is 5.26 Å². The molecule has 1 rings (SSSR count). The van der Waals surface area contributed by atoms with Crippen LogP contribution < -0.4 is 0 Å². The number of carbonyl (C=O) groups is 1. The van der Waals surface area contributed by atoms with Crippen LogP contribution in [-0.2, 0) is 0 Å². The highest BCUT2D eigenvalue weighted by atomic mass is 35.5. The fraction of sp³-hybridized carbons (Fsp3) is 0.250. The van der Waals surface area contributed by atoms with Crippen LogP contribution in [-0.4, -0.2) is 34.6 Å². The van der Waals surface area contributed by atoms with Crippen LogP contribution >= 0.6 is 11.6 Å². The molecule has 0 atom stereocenters. The average Bonchev–Trinajstić information content (AvgIpc) is 2.18. The van der Waals surface area contributed by atoms with Gasteiger partial charge >= 0.3 is 0 Å². The van der Waals surface area contributed by atoms with Crippen LogP contribution in [0.4, 0.5) is 0 Å². The number of halogens is 1. The van der Waals surface area contributed by atoms with E-state index in [1.165, 1.54) is 24.1 Å². The van der Waals surface area contributed by atoms with Crippen molar-refractivity contribution < 1.29 is 4.79 Å². The Morgan fingerprint density at radius 1 is 1.64 bits per heavy atom. The topological polar surface area (TPSA) is 69.9 Å². The van der Waals surface area contributed by atoms with Gasteiger partial charge in [0.15, 0.2) is 10.8 Å². The van der Waals surface area contributed by atoms with Crippen molar-refractivity contribution in [2.75, 3.05) is 13.6 Å². The Hall–Kier alpha value is -1.67. The third-order valence-corrected chi connectivity index (χ3v) is 1.71. The molecule has 0 saturated carbocycles. The number of hydrogen-bond donors (Lipinski definition) is 0. The number of rotatable bonds is 2. The molecule has 0 fully saturated rings. The van der Waals surface area contributed by atoms with Crippen molar-refractivity contribution in [3.8, 4) is 6.07 Å². The smallest absolute Gasteiger partial charge is 0.274 e. The standard InChI is InChI=1S/C8H7ClN4O/c1-13(5-4-10)8(14)6-2-3-7(9)12-11-6/h2-3H,5H2,1H3. The van der Waals surface area contributed by atoms with Crippen LogP contribution in [0.5, 0.6) is 0 Å². The predicted octanol–water partition coefficient (Wildman–Crippen LogP) is 0.726. The van der Waals surface area contributed by atoms with Crippen molar-refractivity contribution in [1.29, 1.82) is 5.26 Å². The largest absolute Gasteiger partial charge is 0.327 e. The summed E-state index contributed by atoms with van der Waals surface area (Å²) < 4.78 is 0.